The average Bonchev–Trinajstić information content (AvgIpc) is 3.06. The van der Waals surface area contributed by atoms with Gasteiger partial charge in [0.1, 0.15) is 0 Å². The summed E-state index contributed by atoms with van der Waals surface area (Å²) < 4.78 is 17.1. The van der Waals surface area contributed by atoms with Crippen molar-refractivity contribution in [3.05, 3.63) is 17.7 Å². The van der Waals surface area contributed by atoms with E-state index in [1.54, 1.807) is 12.1 Å². The SMILES string of the molecule is CCOc1cc(C(=O)N2CCCC2CC)cc(OCC)c1OCC. The Labute approximate surface area is 144 Å². The van der Waals surface area contributed by atoms with Gasteiger partial charge in [-0.2, -0.15) is 0 Å². The van der Waals surface area contributed by atoms with Crippen LogP contribution in [-0.2, 0) is 0 Å². The summed E-state index contributed by atoms with van der Waals surface area (Å²) in [6.45, 7) is 10.2. The third kappa shape index (κ3) is 3.94. The van der Waals surface area contributed by atoms with E-state index in [0.717, 1.165) is 25.8 Å². The number of benzene rings is 1. The van der Waals surface area contributed by atoms with E-state index >= 15 is 0 Å². The molecule has 1 unspecified atom stereocenters. The molecule has 1 atom stereocenters. The van der Waals surface area contributed by atoms with Gasteiger partial charge in [-0.3, -0.25) is 4.79 Å². The fourth-order valence-electron chi connectivity index (χ4n) is 3.21. The topological polar surface area (TPSA) is 48.0 Å². The number of nitrogens with zero attached hydrogens (tertiary/aromatic N) is 1. The predicted molar refractivity (Wildman–Crippen MR) is 94.3 cm³/mol. The van der Waals surface area contributed by atoms with Crippen LogP contribution in [0.2, 0.25) is 0 Å². The van der Waals surface area contributed by atoms with E-state index in [1.165, 1.54) is 0 Å². The molecule has 2 rings (SSSR count). The van der Waals surface area contributed by atoms with Crippen molar-refractivity contribution < 1.29 is 19.0 Å². The van der Waals surface area contributed by atoms with Crippen molar-refractivity contribution in [1.82, 2.24) is 4.90 Å². The van der Waals surface area contributed by atoms with Crippen molar-refractivity contribution in [3.63, 3.8) is 0 Å². The van der Waals surface area contributed by atoms with Crippen LogP contribution in [0, 0.1) is 0 Å². The molecule has 24 heavy (non-hydrogen) atoms. The van der Waals surface area contributed by atoms with Crippen LogP contribution in [0.4, 0.5) is 0 Å². The number of carbonyl (C=O) groups is 1. The second-order valence-electron chi connectivity index (χ2n) is 5.80. The monoisotopic (exact) mass is 335 g/mol. The molecular formula is C19H29NO4. The minimum absolute atomic E-state index is 0.0457. The predicted octanol–water partition coefficient (Wildman–Crippen LogP) is 3.90. The number of rotatable bonds is 8. The first-order valence-corrected chi connectivity index (χ1v) is 9.03. The van der Waals surface area contributed by atoms with E-state index in [0.29, 0.717) is 48.7 Å². The molecule has 1 heterocycles. The normalized spacial score (nSPS) is 17.0. The zero-order chi connectivity index (χ0) is 17.5. The Balaban J connectivity index is 2.40. The summed E-state index contributed by atoms with van der Waals surface area (Å²) in [4.78, 5) is 14.9. The van der Waals surface area contributed by atoms with Gasteiger partial charge in [0, 0.05) is 18.2 Å². The Morgan fingerprint density at radius 1 is 1.04 bits per heavy atom. The van der Waals surface area contributed by atoms with Crippen LogP contribution in [-0.4, -0.2) is 43.2 Å². The van der Waals surface area contributed by atoms with Crippen molar-refractivity contribution >= 4 is 5.91 Å². The van der Waals surface area contributed by atoms with Crippen molar-refractivity contribution in [2.24, 2.45) is 0 Å². The standard InChI is InChI=1S/C19H29NO4/c1-5-15-10-9-11-20(15)19(21)14-12-16(22-6-2)18(24-8-4)17(13-14)23-7-3/h12-13,15H,5-11H2,1-4H3. The van der Waals surface area contributed by atoms with Crippen LogP contribution < -0.4 is 14.2 Å². The van der Waals surface area contributed by atoms with E-state index in [-0.39, 0.29) is 5.91 Å². The van der Waals surface area contributed by atoms with E-state index in [2.05, 4.69) is 6.92 Å². The lowest BCUT2D eigenvalue weighted by Gasteiger charge is -2.25. The van der Waals surface area contributed by atoms with E-state index in [9.17, 15) is 4.79 Å². The number of ether oxygens (including phenoxy) is 3. The molecule has 1 aliphatic rings. The van der Waals surface area contributed by atoms with Gasteiger partial charge in [-0.25, -0.2) is 0 Å². The first-order chi connectivity index (χ1) is 11.7. The van der Waals surface area contributed by atoms with Gasteiger partial charge in [0.15, 0.2) is 11.5 Å². The number of likely N-dealkylation sites (tertiary alicyclic amines) is 1. The van der Waals surface area contributed by atoms with Gasteiger partial charge in [-0.15, -0.1) is 0 Å². The Hall–Kier alpha value is -1.91. The minimum Gasteiger partial charge on any atom is -0.490 e. The summed E-state index contributed by atoms with van der Waals surface area (Å²) >= 11 is 0. The third-order valence-electron chi connectivity index (χ3n) is 4.27. The van der Waals surface area contributed by atoms with Crippen LogP contribution in [0.25, 0.3) is 0 Å². The summed E-state index contributed by atoms with van der Waals surface area (Å²) in [5.74, 6) is 1.76. The van der Waals surface area contributed by atoms with Gasteiger partial charge in [0.2, 0.25) is 5.75 Å². The number of hydrogen-bond donors (Lipinski definition) is 0. The fourth-order valence-corrected chi connectivity index (χ4v) is 3.21. The molecule has 5 heteroatoms. The first kappa shape index (κ1) is 18.4. The molecule has 134 valence electrons. The van der Waals surface area contributed by atoms with Crippen LogP contribution in [0.3, 0.4) is 0 Å². The van der Waals surface area contributed by atoms with Gasteiger partial charge in [-0.05, 0) is 52.2 Å². The molecule has 1 aliphatic heterocycles. The zero-order valence-electron chi connectivity index (χ0n) is 15.3. The lowest BCUT2D eigenvalue weighted by atomic mass is 10.1. The lowest BCUT2D eigenvalue weighted by molar-refractivity contribution is 0.0732. The van der Waals surface area contributed by atoms with Gasteiger partial charge in [-0.1, -0.05) is 6.92 Å². The van der Waals surface area contributed by atoms with Crippen LogP contribution in [0.15, 0.2) is 12.1 Å². The van der Waals surface area contributed by atoms with Crippen molar-refractivity contribution in [2.75, 3.05) is 26.4 Å². The molecule has 1 fully saturated rings. The lowest BCUT2D eigenvalue weighted by Crippen LogP contribution is -2.35. The van der Waals surface area contributed by atoms with Crippen LogP contribution in [0.5, 0.6) is 17.2 Å². The van der Waals surface area contributed by atoms with Crippen molar-refractivity contribution in [3.8, 4) is 17.2 Å². The molecule has 1 aromatic rings. The van der Waals surface area contributed by atoms with Gasteiger partial charge in [0.05, 0.1) is 19.8 Å². The molecule has 0 saturated carbocycles. The fraction of sp³-hybridized carbons (Fsp3) is 0.632. The maximum atomic E-state index is 13.0. The molecule has 1 aromatic carbocycles. The highest BCUT2D eigenvalue weighted by molar-refractivity contribution is 5.96. The maximum Gasteiger partial charge on any atom is 0.254 e. The molecule has 1 amide bonds. The number of carbonyl (C=O) groups excluding carboxylic acids is 1. The van der Waals surface area contributed by atoms with E-state index < -0.39 is 0 Å². The highest BCUT2D eigenvalue weighted by Gasteiger charge is 2.29. The van der Waals surface area contributed by atoms with Crippen molar-refractivity contribution in [1.29, 1.82) is 0 Å². The summed E-state index contributed by atoms with van der Waals surface area (Å²) in [6.07, 6.45) is 3.13. The minimum atomic E-state index is 0.0457. The summed E-state index contributed by atoms with van der Waals surface area (Å²) in [6, 6.07) is 3.89. The smallest absolute Gasteiger partial charge is 0.254 e. The van der Waals surface area contributed by atoms with E-state index in [4.69, 9.17) is 14.2 Å². The molecule has 0 aromatic heterocycles. The van der Waals surface area contributed by atoms with Gasteiger partial charge >= 0.3 is 0 Å². The molecule has 0 aliphatic carbocycles. The largest absolute Gasteiger partial charge is 0.490 e. The number of hydrogen-bond acceptors (Lipinski definition) is 4. The summed E-state index contributed by atoms with van der Waals surface area (Å²) in [5.41, 5.74) is 0.603. The van der Waals surface area contributed by atoms with Crippen LogP contribution >= 0.6 is 0 Å². The summed E-state index contributed by atoms with van der Waals surface area (Å²) in [7, 11) is 0. The highest BCUT2D eigenvalue weighted by atomic mass is 16.5. The van der Waals surface area contributed by atoms with Crippen molar-refractivity contribution in [2.45, 2.75) is 53.0 Å². The molecule has 0 radical (unpaired) electrons. The second-order valence-corrected chi connectivity index (χ2v) is 5.80. The zero-order valence-corrected chi connectivity index (χ0v) is 15.3. The Morgan fingerprint density at radius 2 is 1.62 bits per heavy atom. The van der Waals surface area contributed by atoms with Crippen LogP contribution in [0.1, 0.15) is 57.3 Å². The van der Waals surface area contributed by atoms with Gasteiger partial charge < -0.3 is 19.1 Å². The Bertz CT molecular complexity index is 531. The maximum absolute atomic E-state index is 13.0. The quantitative estimate of drug-likeness (QED) is 0.723. The van der Waals surface area contributed by atoms with E-state index in [1.807, 2.05) is 25.7 Å². The first-order valence-electron chi connectivity index (χ1n) is 9.03. The highest BCUT2D eigenvalue weighted by Crippen LogP contribution is 2.39. The molecule has 0 bridgehead atoms. The van der Waals surface area contributed by atoms with Gasteiger partial charge in [0.25, 0.3) is 5.91 Å². The molecule has 5 nitrogen and oxygen atoms in total. The molecule has 0 spiro atoms. The number of amides is 1. The third-order valence-corrected chi connectivity index (χ3v) is 4.27. The second kappa shape index (κ2) is 8.81. The Kier molecular flexibility index (Phi) is 6.76. The summed E-state index contributed by atoms with van der Waals surface area (Å²) in [5, 5.41) is 0. The Morgan fingerprint density at radius 3 is 2.12 bits per heavy atom. The molecule has 0 N–H and O–H groups in total. The average molecular weight is 335 g/mol. The molecule has 1 saturated heterocycles. The molecular weight excluding hydrogens is 306 g/mol.